The minimum atomic E-state index is -4.52. The number of nitrogens with zero attached hydrogens (tertiary/aromatic N) is 1. The quantitative estimate of drug-likeness (QED) is 0.435. The smallest absolute Gasteiger partial charge is 0.416 e. The van der Waals surface area contributed by atoms with E-state index in [1.165, 1.54) is 5.56 Å². The van der Waals surface area contributed by atoms with Gasteiger partial charge in [0.05, 0.1) is 12.2 Å². The molecule has 4 nitrogen and oxygen atoms in total. The molecule has 0 N–H and O–H groups in total. The van der Waals surface area contributed by atoms with E-state index in [2.05, 4.69) is 17.1 Å². The first-order chi connectivity index (χ1) is 14.8. The van der Waals surface area contributed by atoms with E-state index in [9.17, 15) is 22.8 Å². The molecule has 1 saturated carbocycles. The first-order valence-corrected chi connectivity index (χ1v) is 10.6. The molecule has 0 aliphatic heterocycles. The van der Waals surface area contributed by atoms with Crippen LogP contribution in [0, 0.1) is 11.8 Å². The van der Waals surface area contributed by atoms with E-state index in [-0.39, 0.29) is 30.4 Å². The molecule has 1 heterocycles. The molecule has 1 aromatic heterocycles. The van der Waals surface area contributed by atoms with Crippen molar-refractivity contribution in [2.45, 2.75) is 51.1 Å². The van der Waals surface area contributed by atoms with E-state index in [0.717, 1.165) is 31.2 Å². The molecular formula is C24H26F3NO3. The Morgan fingerprint density at radius 2 is 1.77 bits per heavy atom. The topological polar surface area (TPSA) is 56.3 Å². The Bertz CT molecular complexity index is 890. The lowest BCUT2D eigenvalue weighted by molar-refractivity contribution is -0.153. The highest BCUT2D eigenvalue weighted by molar-refractivity contribution is 6.00. The zero-order valence-corrected chi connectivity index (χ0v) is 17.4. The van der Waals surface area contributed by atoms with Gasteiger partial charge in [0.2, 0.25) is 0 Å². The van der Waals surface area contributed by atoms with Crippen molar-refractivity contribution in [2.75, 3.05) is 6.61 Å². The van der Waals surface area contributed by atoms with E-state index in [1.54, 1.807) is 6.92 Å². The van der Waals surface area contributed by atoms with Gasteiger partial charge in [0.25, 0.3) is 0 Å². The summed E-state index contributed by atoms with van der Waals surface area (Å²) in [6.07, 6.45) is -0.711. The van der Waals surface area contributed by atoms with Crippen molar-refractivity contribution >= 4 is 11.8 Å². The maximum atomic E-state index is 13.2. The maximum Gasteiger partial charge on any atom is 0.416 e. The maximum absolute atomic E-state index is 13.2. The average Bonchev–Trinajstić information content (AvgIpc) is 2.77. The van der Waals surface area contributed by atoms with Gasteiger partial charge in [-0.05, 0) is 56.2 Å². The van der Waals surface area contributed by atoms with Crippen LogP contribution in [0.1, 0.15) is 55.3 Å². The van der Waals surface area contributed by atoms with Crippen molar-refractivity contribution in [1.82, 2.24) is 4.98 Å². The molecule has 1 unspecified atom stereocenters. The summed E-state index contributed by atoms with van der Waals surface area (Å²) >= 11 is 0. The van der Waals surface area contributed by atoms with Crippen molar-refractivity contribution in [3.8, 4) is 0 Å². The number of rotatable bonds is 7. The number of ether oxygens (including phenoxy) is 1. The largest absolute Gasteiger partial charge is 0.465 e. The summed E-state index contributed by atoms with van der Waals surface area (Å²) < 4.78 is 44.1. The first kappa shape index (κ1) is 23.0. The van der Waals surface area contributed by atoms with Gasteiger partial charge in [-0.2, -0.15) is 13.2 Å². The summed E-state index contributed by atoms with van der Waals surface area (Å²) in [6.45, 7) is 1.73. The number of carbonyl (C=O) groups is 2. The Hall–Kier alpha value is -2.70. The fraction of sp³-hybridized carbons (Fsp3) is 0.458. The Morgan fingerprint density at radius 1 is 1.10 bits per heavy atom. The van der Waals surface area contributed by atoms with E-state index < -0.39 is 23.6 Å². The molecule has 31 heavy (non-hydrogen) atoms. The summed E-state index contributed by atoms with van der Waals surface area (Å²) in [6, 6.07) is 11.9. The second-order valence-corrected chi connectivity index (χ2v) is 7.90. The lowest BCUT2D eigenvalue weighted by atomic mass is 9.74. The number of ketones is 1. The van der Waals surface area contributed by atoms with Crippen molar-refractivity contribution < 1.29 is 27.5 Å². The zero-order chi connectivity index (χ0) is 22.4. The summed E-state index contributed by atoms with van der Waals surface area (Å²) in [5.41, 5.74) is 0.443. The Balaban J connectivity index is 1.72. The number of Topliss-reactive ketones (excluding diaryl/α,β-unsaturated/α-hetero) is 1. The number of pyridine rings is 1. The number of halogens is 3. The van der Waals surface area contributed by atoms with Crippen LogP contribution < -0.4 is 0 Å². The second kappa shape index (κ2) is 10.1. The fourth-order valence-electron chi connectivity index (χ4n) is 4.24. The highest BCUT2D eigenvalue weighted by Gasteiger charge is 2.37. The van der Waals surface area contributed by atoms with Crippen molar-refractivity contribution in [3.63, 3.8) is 0 Å². The molecule has 1 aliphatic carbocycles. The summed E-state index contributed by atoms with van der Waals surface area (Å²) in [5, 5.41) is 0. The standard InChI is InChI=1S/C24H26F3NO3/c1-2-31-23(30)21(15-20-14-19(12-13-28-20)24(25,26)27)22(29)18-10-8-17(9-11-18)16-6-4-3-5-7-16/h3-7,12-14,17-18,21H,2,8-11,15H2,1H3. The molecule has 1 atom stereocenters. The lowest BCUT2D eigenvalue weighted by Gasteiger charge is -2.29. The molecule has 1 aliphatic rings. The minimum absolute atomic E-state index is 0.0548. The van der Waals surface area contributed by atoms with Crippen LogP contribution in [0.4, 0.5) is 13.2 Å². The molecule has 1 fully saturated rings. The molecule has 2 aromatic rings. The van der Waals surface area contributed by atoms with Crippen LogP contribution in [0.25, 0.3) is 0 Å². The van der Waals surface area contributed by atoms with Crippen molar-refractivity contribution in [1.29, 1.82) is 0 Å². The summed E-state index contributed by atoms with van der Waals surface area (Å²) in [4.78, 5) is 29.7. The first-order valence-electron chi connectivity index (χ1n) is 10.6. The van der Waals surface area contributed by atoms with Gasteiger partial charge in [-0.1, -0.05) is 30.3 Å². The zero-order valence-electron chi connectivity index (χ0n) is 17.4. The van der Waals surface area contributed by atoms with E-state index in [0.29, 0.717) is 18.8 Å². The predicted molar refractivity (Wildman–Crippen MR) is 109 cm³/mol. The molecular weight excluding hydrogens is 407 g/mol. The predicted octanol–water partition coefficient (Wildman–Crippen LogP) is 5.37. The third kappa shape index (κ3) is 5.93. The highest BCUT2D eigenvalue weighted by atomic mass is 19.4. The van der Waals surface area contributed by atoms with Gasteiger partial charge in [0.1, 0.15) is 5.92 Å². The lowest BCUT2D eigenvalue weighted by Crippen LogP contribution is -2.35. The Kier molecular flexibility index (Phi) is 7.46. The number of carbonyl (C=O) groups excluding carboxylic acids is 2. The van der Waals surface area contributed by atoms with Gasteiger partial charge < -0.3 is 4.74 Å². The SMILES string of the molecule is CCOC(=O)C(Cc1cc(C(F)(F)F)ccn1)C(=O)C1CCC(c2ccccc2)CC1. The molecule has 166 valence electrons. The summed E-state index contributed by atoms with van der Waals surface area (Å²) in [5.74, 6) is -2.04. The molecule has 7 heteroatoms. The third-order valence-electron chi connectivity index (χ3n) is 5.87. The van der Waals surface area contributed by atoms with Crippen LogP contribution in [0.5, 0.6) is 0 Å². The number of aromatic nitrogens is 1. The van der Waals surface area contributed by atoms with Gasteiger partial charge in [-0.25, -0.2) is 0 Å². The van der Waals surface area contributed by atoms with Crippen molar-refractivity contribution in [2.24, 2.45) is 11.8 Å². The third-order valence-corrected chi connectivity index (χ3v) is 5.87. The van der Waals surface area contributed by atoms with Gasteiger partial charge in [0, 0.05) is 24.2 Å². The normalized spacial score (nSPS) is 20.1. The molecule has 0 radical (unpaired) electrons. The highest BCUT2D eigenvalue weighted by Crippen LogP contribution is 2.37. The van der Waals surface area contributed by atoms with E-state index in [1.807, 2.05) is 18.2 Å². The molecule has 0 spiro atoms. The monoisotopic (exact) mass is 433 g/mol. The van der Waals surface area contributed by atoms with Crippen LogP contribution in [0.2, 0.25) is 0 Å². The van der Waals surface area contributed by atoms with E-state index >= 15 is 0 Å². The number of hydrogen-bond donors (Lipinski definition) is 0. The Morgan fingerprint density at radius 3 is 2.39 bits per heavy atom. The summed E-state index contributed by atoms with van der Waals surface area (Å²) in [7, 11) is 0. The number of benzene rings is 1. The molecule has 0 amide bonds. The van der Waals surface area contributed by atoms with Gasteiger partial charge in [0.15, 0.2) is 5.78 Å². The minimum Gasteiger partial charge on any atom is -0.465 e. The average molecular weight is 433 g/mol. The Labute approximate surface area is 179 Å². The van der Waals surface area contributed by atoms with Crippen LogP contribution >= 0.6 is 0 Å². The van der Waals surface area contributed by atoms with Crippen LogP contribution in [-0.2, 0) is 26.9 Å². The van der Waals surface area contributed by atoms with Crippen LogP contribution in [-0.4, -0.2) is 23.3 Å². The molecule has 1 aromatic carbocycles. The fourth-order valence-corrected chi connectivity index (χ4v) is 4.24. The van der Waals surface area contributed by atoms with Gasteiger partial charge >= 0.3 is 12.1 Å². The van der Waals surface area contributed by atoms with E-state index in [4.69, 9.17) is 4.74 Å². The van der Waals surface area contributed by atoms with Gasteiger partial charge in [-0.3, -0.25) is 14.6 Å². The molecule has 3 rings (SSSR count). The number of hydrogen-bond acceptors (Lipinski definition) is 4. The van der Waals surface area contributed by atoms with Crippen molar-refractivity contribution in [3.05, 3.63) is 65.5 Å². The second-order valence-electron chi connectivity index (χ2n) is 7.90. The van der Waals surface area contributed by atoms with Crippen LogP contribution in [0.3, 0.4) is 0 Å². The van der Waals surface area contributed by atoms with Crippen LogP contribution in [0.15, 0.2) is 48.7 Å². The van der Waals surface area contributed by atoms with Gasteiger partial charge in [-0.15, -0.1) is 0 Å². The molecule has 0 saturated heterocycles. The molecule has 0 bridgehead atoms. The number of alkyl halides is 3. The number of esters is 1.